The molecule has 0 radical (unpaired) electrons. The number of amides is 1. The number of thiocarbonyl (C=S) groups is 1. The van der Waals surface area contributed by atoms with Gasteiger partial charge in [-0.2, -0.15) is 0 Å². The standard InChI is InChI=1S/C22H19BrN2O2S/c23-18-11-9-17(10-12-18)21(26)25-22(28)24-19-7-4-8-20(15-19)27-14-13-16-5-2-1-3-6-16/h1-12,15H,13-14H2,(H2,24,25,26,28). The van der Waals surface area contributed by atoms with Gasteiger partial charge in [-0.15, -0.1) is 0 Å². The summed E-state index contributed by atoms with van der Waals surface area (Å²) in [5.74, 6) is 0.475. The van der Waals surface area contributed by atoms with Crippen LogP contribution in [0.5, 0.6) is 5.75 Å². The summed E-state index contributed by atoms with van der Waals surface area (Å²) in [6.45, 7) is 0.582. The smallest absolute Gasteiger partial charge is 0.257 e. The zero-order valence-corrected chi connectivity index (χ0v) is 17.4. The van der Waals surface area contributed by atoms with Crippen LogP contribution in [0.4, 0.5) is 5.69 Å². The number of halogens is 1. The van der Waals surface area contributed by atoms with Gasteiger partial charge in [-0.1, -0.05) is 52.3 Å². The molecule has 3 aromatic rings. The average Bonchev–Trinajstić information content (AvgIpc) is 2.69. The first-order valence-corrected chi connectivity index (χ1v) is 9.95. The lowest BCUT2D eigenvalue weighted by molar-refractivity contribution is 0.0977. The highest BCUT2D eigenvalue weighted by molar-refractivity contribution is 9.10. The summed E-state index contributed by atoms with van der Waals surface area (Å²) in [7, 11) is 0. The Balaban J connectivity index is 1.51. The number of carbonyl (C=O) groups excluding carboxylic acids is 1. The van der Waals surface area contributed by atoms with Crippen LogP contribution in [0.1, 0.15) is 15.9 Å². The molecule has 0 bridgehead atoms. The highest BCUT2D eigenvalue weighted by atomic mass is 79.9. The molecule has 28 heavy (non-hydrogen) atoms. The normalized spacial score (nSPS) is 10.2. The Labute approximate surface area is 178 Å². The van der Waals surface area contributed by atoms with Crippen molar-refractivity contribution >= 4 is 44.9 Å². The number of nitrogens with one attached hydrogen (secondary N) is 2. The number of benzene rings is 3. The van der Waals surface area contributed by atoms with Gasteiger partial charge in [0.1, 0.15) is 5.75 Å². The molecule has 0 unspecified atom stereocenters. The first kappa shape index (κ1) is 20.0. The van der Waals surface area contributed by atoms with Crippen molar-refractivity contribution in [3.63, 3.8) is 0 Å². The molecule has 142 valence electrons. The predicted molar refractivity (Wildman–Crippen MR) is 120 cm³/mol. The fourth-order valence-electron chi connectivity index (χ4n) is 2.53. The predicted octanol–water partition coefficient (Wildman–Crippen LogP) is 5.20. The number of anilines is 1. The number of hydrogen-bond donors (Lipinski definition) is 2. The molecule has 2 N–H and O–H groups in total. The van der Waals surface area contributed by atoms with Crippen LogP contribution in [0.25, 0.3) is 0 Å². The number of carbonyl (C=O) groups is 1. The Bertz CT molecular complexity index is 946. The van der Waals surface area contributed by atoms with Crippen molar-refractivity contribution in [3.8, 4) is 5.75 Å². The molecular weight excluding hydrogens is 436 g/mol. The van der Waals surface area contributed by atoms with Gasteiger partial charge in [-0.3, -0.25) is 10.1 Å². The van der Waals surface area contributed by atoms with Crippen molar-refractivity contribution < 1.29 is 9.53 Å². The minimum absolute atomic E-state index is 0.231. The fraction of sp³-hybridized carbons (Fsp3) is 0.0909. The van der Waals surface area contributed by atoms with Gasteiger partial charge in [0.25, 0.3) is 5.91 Å². The lowest BCUT2D eigenvalue weighted by atomic mass is 10.2. The Hall–Kier alpha value is -2.70. The largest absolute Gasteiger partial charge is 0.493 e. The number of hydrogen-bond acceptors (Lipinski definition) is 3. The lowest BCUT2D eigenvalue weighted by Crippen LogP contribution is -2.34. The minimum Gasteiger partial charge on any atom is -0.493 e. The third-order valence-corrected chi connectivity index (χ3v) is 4.66. The molecular formula is C22H19BrN2O2S. The van der Waals surface area contributed by atoms with E-state index in [1.165, 1.54) is 5.56 Å². The summed E-state index contributed by atoms with van der Waals surface area (Å²) < 4.78 is 6.73. The van der Waals surface area contributed by atoms with Gasteiger partial charge < -0.3 is 10.1 Å². The van der Waals surface area contributed by atoms with Crippen LogP contribution in [-0.4, -0.2) is 17.6 Å². The van der Waals surface area contributed by atoms with Crippen molar-refractivity contribution in [2.75, 3.05) is 11.9 Å². The summed E-state index contributed by atoms with van der Waals surface area (Å²) in [6, 6.07) is 24.7. The summed E-state index contributed by atoms with van der Waals surface area (Å²) in [5.41, 5.74) is 2.51. The van der Waals surface area contributed by atoms with E-state index in [1.807, 2.05) is 54.6 Å². The third kappa shape index (κ3) is 6.18. The first-order valence-electron chi connectivity index (χ1n) is 8.75. The summed E-state index contributed by atoms with van der Waals surface area (Å²) in [5, 5.41) is 5.92. The first-order chi connectivity index (χ1) is 13.6. The van der Waals surface area contributed by atoms with Gasteiger partial charge in [-0.25, -0.2) is 0 Å². The second-order valence-corrected chi connectivity index (χ2v) is 7.35. The second kappa shape index (κ2) is 10.0. The van der Waals surface area contributed by atoms with Crippen LogP contribution in [0, 0.1) is 0 Å². The maximum absolute atomic E-state index is 12.2. The van der Waals surface area contributed by atoms with Gasteiger partial charge in [-0.05, 0) is 54.2 Å². The van der Waals surface area contributed by atoms with Crippen LogP contribution in [0.15, 0.2) is 83.3 Å². The van der Waals surface area contributed by atoms with E-state index >= 15 is 0 Å². The third-order valence-electron chi connectivity index (χ3n) is 3.93. The average molecular weight is 455 g/mol. The minimum atomic E-state index is -0.264. The van der Waals surface area contributed by atoms with Crippen molar-refractivity contribution in [2.24, 2.45) is 0 Å². The van der Waals surface area contributed by atoms with E-state index in [0.717, 1.165) is 22.3 Å². The van der Waals surface area contributed by atoms with Crippen molar-refractivity contribution in [3.05, 3.63) is 94.5 Å². The van der Waals surface area contributed by atoms with E-state index in [4.69, 9.17) is 17.0 Å². The molecule has 3 rings (SSSR count). The van der Waals surface area contributed by atoms with Crippen LogP contribution in [0.2, 0.25) is 0 Å². The quantitative estimate of drug-likeness (QED) is 0.502. The van der Waals surface area contributed by atoms with Crippen molar-refractivity contribution in [1.82, 2.24) is 5.32 Å². The highest BCUT2D eigenvalue weighted by Gasteiger charge is 2.08. The molecule has 0 aliphatic heterocycles. The van der Waals surface area contributed by atoms with E-state index in [0.29, 0.717) is 12.2 Å². The van der Waals surface area contributed by atoms with E-state index in [9.17, 15) is 4.79 Å². The molecule has 0 aliphatic rings. The van der Waals surface area contributed by atoms with Gasteiger partial charge >= 0.3 is 0 Å². The molecule has 0 saturated carbocycles. The SMILES string of the molecule is O=C(NC(=S)Nc1cccc(OCCc2ccccc2)c1)c1ccc(Br)cc1. The molecule has 0 heterocycles. The van der Waals surface area contributed by atoms with Gasteiger partial charge in [0.2, 0.25) is 0 Å². The Morgan fingerprint density at radius 1 is 0.964 bits per heavy atom. The summed E-state index contributed by atoms with van der Waals surface area (Å²) in [6.07, 6.45) is 0.833. The van der Waals surface area contributed by atoms with E-state index < -0.39 is 0 Å². The molecule has 0 aromatic heterocycles. The van der Waals surface area contributed by atoms with Gasteiger partial charge in [0.05, 0.1) is 6.61 Å². The molecule has 0 aliphatic carbocycles. The zero-order chi connectivity index (χ0) is 19.8. The van der Waals surface area contributed by atoms with E-state index in [2.05, 4.69) is 38.7 Å². The van der Waals surface area contributed by atoms with Gasteiger partial charge in [0, 0.05) is 28.2 Å². The highest BCUT2D eigenvalue weighted by Crippen LogP contribution is 2.18. The Morgan fingerprint density at radius 2 is 1.71 bits per heavy atom. The molecule has 3 aromatic carbocycles. The molecule has 6 heteroatoms. The lowest BCUT2D eigenvalue weighted by Gasteiger charge is -2.12. The van der Waals surface area contributed by atoms with Crippen LogP contribution in [0.3, 0.4) is 0 Å². The number of rotatable bonds is 6. The molecule has 0 fully saturated rings. The zero-order valence-electron chi connectivity index (χ0n) is 15.0. The number of ether oxygens (including phenoxy) is 1. The topological polar surface area (TPSA) is 50.4 Å². The molecule has 0 atom stereocenters. The van der Waals surface area contributed by atoms with E-state index in [1.54, 1.807) is 12.1 Å². The maximum atomic E-state index is 12.2. The molecule has 0 spiro atoms. The van der Waals surface area contributed by atoms with E-state index in [-0.39, 0.29) is 11.0 Å². The molecule has 4 nitrogen and oxygen atoms in total. The van der Waals surface area contributed by atoms with Gasteiger partial charge in [0.15, 0.2) is 5.11 Å². The molecule has 0 saturated heterocycles. The summed E-state index contributed by atoms with van der Waals surface area (Å²) >= 11 is 8.59. The summed E-state index contributed by atoms with van der Waals surface area (Å²) in [4.78, 5) is 12.2. The Morgan fingerprint density at radius 3 is 2.46 bits per heavy atom. The van der Waals surface area contributed by atoms with Crippen LogP contribution >= 0.6 is 28.1 Å². The fourth-order valence-corrected chi connectivity index (χ4v) is 3.01. The Kier molecular flexibility index (Phi) is 7.17. The maximum Gasteiger partial charge on any atom is 0.257 e. The van der Waals surface area contributed by atoms with Crippen molar-refractivity contribution in [2.45, 2.75) is 6.42 Å². The second-order valence-electron chi connectivity index (χ2n) is 6.03. The monoisotopic (exact) mass is 454 g/mol. The van der Waals surface area contributed by atoms with Crippen LogP contribution < -0.4 is 15.4 Å². The van der Waals surface area contributed by atoms with Crippen LogP contribution in [-0.2, 0) is 6.42 Å². The molecule has 1 amide bonds. The van der Waals surface area contributed by atoms with Crippen molar-refractivity contribution in [1.29, 1.82) is 0 Å².